The molecule has 0 saturated heterocycles. The predicted molar refractivity (Wildman–Crippen MR) is 79.5 cm³/mol. The summed E-state index contributed by atoms with van der Waals surface area (Å²) in [4.78, 5) is 15.5. The van der Waals surface area contributed by atoms with E-state index in [0.29, 0.717) is 0 Å². The summed E-state index contributed by atoms with van der Waals surface area (Å²) in [5.41, 5.74) is 2.87. The van der Waals surface area contributed by atoms with Gasteiger partial charge < -0.3 is 10.6 Å². The maximum atomic E-state index is 10.9. The Kier molecular flexibility index (Phi) is 4.65. The smallest absolute Gasteiger partial charge is 0.221 e. The van der Waals surface area contributed by atoms with Gasteiger partial charge in [-0.15, -0.1) is 11.3 Å². The van der Waals surface area contributed by atoms with Crippen LogP contribution >= 0.6 is 11.3 Å². The second-order valence-electron chi connectivity index (χ2n) is 4.24. The van der Waals surface area contributed by atoms with Crippen molar-refractivity contribution in [2.24, 2.45) is 0 Å². The Hall–Kier alpha value is -1.72. The van der Waals surface area contributed by atoms with E-state index in [1.165, 1.54) is 6.92 Å². The molecule has 1 aromatic carbocycles. The fraction of sp³-hybridized carbons (Fsp3) is 0.286. The van der Waals surface area contributed by atoms with Crippen LogP contribution in [0.4, 0.5) is 5.69 Å². The third-order valence-electron chi connectivity index (χ3n) is 2.64. The Bertz CT molecular complexity index is 548. The first kappa shape index (κ1) is 13.7. The quantitative estimate of drug-likeness (QED) is 0.881. The van der Waals surface area contributed by atoms with Gasteiger partial charge in [-0.1, -0.05) is 12.1 Å². The van der Waals surface area contributed by atoms with E-state index in [1.54, 1.807) is 11.3 Å². The molecule has 0 aliphatic rings. The molecule has 0 radical (unpaired) electrons. The van der Waals surface area contributed by atoms with Gasteiger partial charge in [-0.25, -0.2) is 4.98 Å². The zero-order valence-electron chi connectivity index (χ0n) is 11.1. The summed E-state index contributed by atoms with van der Waals surface area (Å²) >= 11 is 1.68. The molecule has 1 aromatic heterocycles. The van der Waals surface area contributed by atoms with Crippen molar-refractivity contribution < 1.29 is 4.79 Å². The van der Waals surface area contributed by atoms with Crippen molar-refractivity contribution in [1.82, 2.24) is 10.3 Å². The fourth-order valence-electron chi connectivity index (χ4n) is 1.72. The van der Waals surface area contributed by atoms with Crippen LogP contribution in [0.1, 0.15) is 11.9 Å². The molecule has 0 fully saturated rings. The van der Waals surface area contributed by atoms with Gasteiger partial charge in [-0.05, 0) is 19.2 Å². The predicted octanol–water partition coefficient (Wildman–Crippen LogP) is 2.53. The molecule has 0 bridgehead atoms. The van der Waals surface area contributed by atoms with Crippen LogP contribution in [0.25, 0.3) is 11.3 Å². The van der Waals surface area contributed by atoms with Crippen molar-refractivity contribution >= 4 is 22.9 Å². The molecule has 0 spiro atoms. The molecule has 100 valence electrons. The van der Waals surface area contributed by atoms with Gasteiger partial charge >= 0.3 is 0 Å². The van der Waals surface area contributed by atoms with Crippen molar-refractivity contribution in [3.8, 4) is 11.3 Å². The molecule has 0 aliphatic heterocycles. The topological polar surface area (TPSA) is 54.0 Å². The molecule has 1 amide bonds. The maximum Gasteiger partial charge on any atom is 0.221 e. The standard InChI is InChI=1S/C14H17N3OS/c1-10(18)16-12-5-3-11(4-6-12)13-9-19-14(17-13)7-8-15-2/h3-6,9,15H,7-8H2,1-2H3,(H,16,18). The normalized spacial score (nSPS) is 10.4. The van der Waals surface area contributed by atoms with Gasteiger partial charge in [0.15, 0.2) is 0 Å². The van der Waals surface area contributed by atoms with Crippen molar-refractivity contribution in [1.29, 1.82) is 0 Å². The number of hydrogen-bond donors (Lipinski definition) is 2. The van der Waals surface area contributed by atoms with Gasteiger partial charge in [0.25, 0.3) is 0 Å². The third-order valence-corrected chi connectivity index (χ3v) is 3.55. The SMILES string of the molecule is CNCCc1nc(-c2ccc(NC(C)=O)cc2)cs1. The van der Waals surface area contributed by atoms with E-state index in [2.05, 4.69) is 21.0 Å². The van der Waals surface area contributed by atoms with Crippen molar-refractivity contribution in [2.75, 3.05) is 18.9 Å². The van der Waals surface area contributed by atoms with Crippen LogP contribution in [-0.4, -0.2) is 24.5 Å². The van der Waals surface area contributed by atoms with Gasteiger partial charge in [0.2, 0.25) is 5.91 Å². The number of nitrogens with zero attached hydrogens (tertiary/aromatic N) is 1. The fourth-order valence-corrected chi connectivity index (χ4v) is 2.53. The summed E-state index contributed by atoms with van der Waals surface area (Å²) in [7, 11) is 1.94. The summed E-state index contributed by atoms with van der Waals surface area (Å²) in [5, 5.41) is 9.07. The summed E-state index contributed by atoms with van der Waals surface area (Å²) in [6, 6.07) is 7.73. The molecule has 19 heavy (non-hydrogen) atoms. The van der Waals surface area contributed by atoms with E-state index in [9.17, 15) is 4.79 Å². The van der Waals surface area contributed by atoms with Gasteiger partial charge in [0.1, 0.15) is 0 Å². The van der Waals surface area contributed by atoms with Crippen molar-refractivity contribution in [3.63, 3.8) is 0 Å². The number of amides is 1. The van der Waals surface area contributed by atoms with Gasteiger partial charge in [-0.3, -0.25) is 4.79 Å². The van der Waals surface area contributed by atoms with Gasteiger partial charge in [0.05, 0.1) is 10.7 Å². The molecule has 0 saturated carbocycles. The number of nitrogens with one attached hydrogen (secondary N) is 2. The second-order valence-corrected chi connectivity index (χ2v) is 5.18. The van der Waals surface area contributed by atoms with Gasteiger partial charge in [0, 0.05) is 36.5 Å². The Morgan fingerprint density at radius 1 is 1.32 bits per heavy atom. The Morgan fingerprint density at radius 2 is 2.05 bits per heavy atom. The van der Waals surface area contributed by atoms with E-state index < -0.39 is 0 Å². The highest BCUT2D eigenvalue weighted by atomic mass is 32.1. The first-order valence-electron chi connectivity index (χ1n) is 6.16. The lowest BCUT2D eigenvalue weighted by Gasteiger charge is -2.02. The lowest BCUT2D eigenvalue weighted by molar-refractivity contribution is -0.114. The molecule has 0 unspecified atom stereocenters. The average Bonchev–Trinajstić information content (AvgIpc) is 2.85. The molecule has 4 nitrogen and oxygen atoms in total. The number of aromatic nitrogens is 1. The molecule has 2 aromatic rings. The minimum atomic E-state index is -0.0595. The molecule has 0 aliphatic carbocycles. The summed E-state index contributed by atoms with van der Waals surface area (Å²) < 4.78 is 0. The maximum absolute atomic E-state index is 10.9. The zero-order valence-corrected chi connectivity index (χ0v) is 11.9. The van der Waals surface area contributed by atoms with E-state index in [-0.39, 0.29) is 5.91 Å². The van der Waals surface area contributed by atoms with Crippen LogP contribution in [0, 0.1) is 0 Å². The van der Waals surface area contributed by atoms with Crippen LogP contribution in [0.5, 0.6) is 0 Å². The number of carbonyl (C=O) groups excluding carboxylic acids is 1. The number of anilines is 1. The van der Waals surface area contributed by atoms with E-state index >= 15 is 0 Å². The Balaban J connectivity index is 2.09. The molecule has 0 atom stereocenters. The van der Waals surface area contributed by atoms with Crippen molar-refractivity contribution in [2.45, 2.75) is 13.3 Å². The number of benzene rings is 1. The van der Waals surface area contributed by atoms with Crippen LogP contribution < -0.4 is 10.6 Å². The summed E-state index contributed by atoms with van der Waals surface area (Å²) in [6.45, 7) is 2.44. The molecule has 2 N–H and O–H groups in total. The second kappa shape index (κ2) is 6.45. The van der Waals surface area contributed by atoms with Crippen LogP contribution in [0.3, 0.4) is 0 Å². The van der Waals surface area contributed by atoms with Crippen LogP contribution in [0.2, 0.25) is 0 Å². The molecule has 1 heterocycles. The highest BCUT2D eigenvalue weighted by molar-refractivity contribution is 7.09. The minimum absolute atomic E-state index is 0.0595. The highest BCUT2D eigenvalue weighted by Crippen LogP contribution is 2.23. The van der Waals surface area contributed by atoms with Crippen LogP contribution in [-0.2, 0) is 11.2 Å². The third kappa shape index (κ3) is 3.87. The first-order chi connectivity index (χ1) is 9.19. The number of likely N-dealkylation sites (N-methyl/N-ethyl adjacent to an activating group) is 1. The first-order valence-corrected chi connectivity index (χ1v) is 7.04. The van der Waals surface area contributed by atoms with Crippen LogP contribution in [0.15, 0.2) is 29.6 Å². The zero-order chi connectivity index (χ0) is 13.7. The molecule has 5 heteroatoms. The number of rotatable bonds is 5. The molecular weight excluding hydrogens is 258 g/mol. The number of carbonyl (C=O) groups is 1. The Labute approximate surface area is 116 Å². The minimum Gasteiger partial charge on any atom is -0.326 e. The van der Waals surface area contributed by atoms with Gasteiger partial charge in [-0.2, -0.15) is 0 Å². The lowest BCUT2D eigenvalue weighted by atomic mass is 10.1. The molecule has 2 rings (SSSR count). The average molecular weight is 275 g/mol. The lowest BCUT2D eigenvalue weighted by Crippen LogP contribution is -2.09. The monoisotopic (exact) mass is 275 g/mol. The van der Waals surface area contributed by atoms with E-state index in [4.69, 9.17) is 0 Å². The number of hydrogen-bond acceptors (Lipinski definition) is 4. The molecular formula is C14H17N3OS. The summed E-state index contributed by atoms with van der Waals surface area (Å²) in [5.74, 6) is -0.0595. The van der Waals surface area contributed by atoms with E-state index in [1.807, 2.05) is 31.3 Å². The Morgan fingerprint density at radius 3 is 2.68 bits per heavy atom. The highest BCUT2D eigenvalue weighted by Gasteiger charge is 2.04. The van der Waals surface area contributed by atoms with Crippen molar-refractivity contribution in [3.05, 3.63) is 34.7 Å². The summed E-state index contributed by atoms with van der Waals surface area (Å²) in [6.07, 6.45) is 0.950. The van der Waals surface area contributed by atoms with E-state index in [0.717, 1.165) is 34.9 Å². The largest absolute Gasteiger partial charge is 0.326 e. The number of thiazole rings is 1.